The second-order valence-corrected chi connectivity index (χ2v) is 8.92. The molecular formula is C17H18Cl2N4O2S2. The smallest absolute Gasteiger partial charge is 0.240 e. The fourth-order valence-electron chi connectivity index (χ4n) is 1.99. The van der Waals surface area contributed by atoms with E-state index < -0.39 is 0 Å². The van der Waals surface area contributed by atoms with Crippen LogP contribution in [0.15, 0.2) is 34.5 Å². The number of hydrogen-bond donors (Lipinski definition) is 2. The number of carbonyl (C=O) groups excluding carboxylic acids is 2. The van der Waals surface area contributed by atoms with Crippen molar-refractivity contribution in [3.63, 3.8) is 0 Å². The van der Waals surface area contributed by atoms with E-state index in [9.17, 15) is 9.59 Å². The predicted octanol–water partition coefficient (Wildman–Crippen LogP) is 4.67. The molecule has 2 N–H and O–H groups in total. The number of rotatable bonds is 10. The van der Waals surface area contributed by atoms with E-state index in [4.69, 9.17) is 23.2 Å². The number of hydrazone groups is 2. The molecule has 2 aromatic heterocycles. The zero-order valence-corrected chi connectivity index (χ0v) is 17.4. The molecule has 0 saturated carbocycles. The lowest BCUT2D eigenvalue weighted by molar-refractivity contribution is -0.121. The van der Waals surface area contributed by atoms with E-state index in [1.165, 1.54) is 22.7 Å². The molecule has 0 saturated heterocycles. The van der Waals surface area contributed by atoms with Crippen molar-refractivity contribution in [3.8, 4) is 0 Å². The molecule has 2 rings (SSSR count). The second-order valence-electron chi connectivity index (χ2n) is 5.43. The topological polar surface area (TPSA) is 82.9 Å². The van der Waals surface area contributed by atoms with Crippen molar-refractivity contribution in [3.05, 3.63) is 42.7 Å². The third-order valence-corrected chi connectivity index (χ3v) is 5.59. The van der Waals surface area contributed by atoms with Gasteiger partial charge in [0.25, 0.3) is 0 Å². The van der Waals surface area contributed by atoms with Gasteiger partial charge in [0, 0.05) is 22.6 Å². The lowest BCUT2D eigenvalue weighted by atomic mass is 10.1. The van der Waals surface area contributed by atoms with E-state index in [2.05, 4.69) is 21.1 Å². The van der Waals surface area contributed by atoms with Gasteiger partial charge in [-0.3, -0.25) is 9.59 Å². The number of carbonyl (C=O) groups is 2. The molecule has 144 valence electrons. The lowest BCUT2D eigenvalue weighted by Crippen LogP contribution is -2.18. The molecule has 0 aliphatic carbocycles. The molecule has 27 heavy (non-hydrogen) atoms. The molecule has 0 aliphatic heterocycles. The summed E-state index contributed by atoms with van der Waals surface area (Å²) in [6.07, 6.45) is 6.00. The predicted molar refractivity (Wildman–Crippen MR) is 113 cm³/mol. The van der Waals surface area contributed by atoms with E-state index in [-0.39, 0.29) is 11.8 Å². The molecule has 0 spiro atoms. The Bertz CT molecular complexity index is 751. The zero-order chi connectivity index (χ0) is 19.5. The third kappa shape index (κ3) is 9.14. The van der Waals surface area contributed by atoms with Crippen LogP contribution in [0.2, 0.25) is 8.67 Å². The molecule has 2 amide bonds. The average molecular weight is 445 g/mol. The largest absolute Gasteiger partial charge is 0.273 e. The van der Waals surface area contributed by atoms with Crippen molar-refractivity contribution < 1.29 is 9.59 Å². The minimum Gasteiger partial charge on any atom is -0.273 e. The van der Waals surface area contributed by atoms with E-state index >= 15 is 0 Å². The van der Waals surface area contributed by atoms with E-state index in [0.29, 0.717) is 34.4 Å². The molecule has 10 heteroatoms. The van der Waals surface area contributed by atoms with Gasteiger partial charge in [0.05, 0.1) is 21.1 Å². The van der Waals surface area contributed by atoms with E-state index in [1.807, 2.05) is 12.1 Å². The van der Waals surface area contributed by atoms with E-state index in [0.717, 1.165) is 16.2 Å². The van der Waals surface area contributed by atoms with Crippen molar-refractivity contribution in [2.24, 2.45) is 10.2 Å². The van der Waals surface area contributed by atoms with E-state index in [1.54, 1.807) is 24.6 Å². The van der Waals surface area contributed by atoms with Gasteiger partial charge in [-0.05, 0) is 37.1 Å². The molecule has 0 bridgehead atoms. The lowest BCUT2D eigenvalue weighted by Gasteiger charge is -2.01. The summed E-state index contributed by atoms with van der Waals surface area (Å²) in [5.74, 6) is -0.310. The normalized spacial score (nSPS) is 11.3. The Kier molecular flexibility index (Phi) is 9.47. The third-order valence-electron chi connectivity index (χ3n) is 3.26. The van der Waals surface area contributed by atoms with Crippen molar-refractivity contribution >= 4 is 70.1 Å². The van der Waals surface area contributed by atoms with Crippen LogP contribution in [0, 0.1) is 0 Å². The zero-order valence-electron chi connectivity index (χ0n) is 14.3. The summed E-state index contributed by atoms with van der Waals surface area (Å²) in [5, 5.41) is 7.76. The van der Waals surface area contributed by atoms with Gasteiger partial charge in [0.15, 0.2) is 0 Å². The second kappa shape index (κ2) is 11.9. The number of halogens is 2. The van der Waals surface area contributed by atoms with Gasteiger partial charge in [-0.1, -0.05) is 29.6 Å². The molecule has 0 unspecified atom stereocenters. The standard InChI is InChI=1S/C17H18Cl2N4O2S2/c18-14-8-6-12(26-14)10-20-22-16(24)4-2-1-3-5-17(25)23-21-11-13-7-9-15(19)27-13/h6-11H,1-5H2,(H,22,24)(H,23,25)/b20-10+,21-11+. The van der Waals surface area contributed by atoms with Crippen molar-refractivity contribution in [1.29, 1.82) is 0 Å². The van der Waals surface area contributed by atoms with Gasteiger partial charge in [-0.25, -0.2) is 10.9 Å². The highest BCUT2D eigenvalue weighted by Gasteiger charge is 2.03. The Morgan fingerprint density at radius 3 is 1.63 bits per heavy atom. The molecule has 0 aliphatic rings. The molecule has 0 radical (unpaired) electrons. The van der Waals surface area contributed by atoms with Crippen molar-refractivity contribution in [1.82, 2.24) is 10.9 Å². The first-order chi connectivity index (χ1) is 13.0. The highest BCUT2D eigenvalue weighted by atomic mass is 35.5. The minimum atomic E-state index is -0.155. The number of amides is 2. The molecular weight excluding hydrogens is 427 g/mol. The molecule has 0 fully saturated rings. The van der Waals surface area contributed by atoms with Crippen LogP contribution in [0.25, 0.3) is 0 Å². The van der Waals surface area contributed by atoms with Crippen LogP contribution in [0.3, 0.4) is 0 Å². The number of thiophene rings is 2. The molecule has 2 heterocycles. The Morgan fingerprint density at radius 2 is 1.26 bits per heavy atom. The van der Waals surface area contributed by atoms with Gasteiger partial charge >= 0.3 is 0 Å². The summed E-state index contributed by atoms with van der Waals surface area (Å²) in [5.41, 5.74) is 4.95. The summed E-state index contributed by atoms with van der Waals surface area (Å²) in [4.78, 5) is 25.1. The number of hydrogen-bond acceptors (Lipinski definition) is 6. The van der Waals surface area contributed by atoms with Crippen molar-refractivity contribution in [2.45, 2.75) is 32.1 Å². The summed E-state index contributed by atoms with van der Waals surface area (Å²) in [7, 11) is 0. The van der Waals surface area contributed by atoms with Crippen LogP contribution in [0.5, 0.6) is 0 Å². The number of nitrogens with zero attached hydrogens (tertiary/aromatic N) is 2. The summed E-state index contributed by atoms with van der Waals surface area (Å²) in [6, 6.07) is 7.20. The SMILES string of the molecule is O=C(CCCCCC(=O)N/N=C/c1ccc(Cl)s1)N/N=C/c1ccc(Cl)s1. The fraction of sp³-hybridized carbons (Fsp3) is 0.294. The number of unbranched alkanes of at least 4 members (excludes halogenated alkanes) is 2. The monoisotopic (exact) mass is 444 g/mol. The Morgan fingerprint density at radius 1 is 0.815 bits per heavy atom. The van der Waals surface area contributed by atoms with Gasteiger partial charge in [-0.15, -0.1) is 22.7 Å². The minimum absolute atomic E-state index is 0.155. The van der Waals surface area contributed by atoms with Crippen LogP contribution in [0.4, 0.5) is 0 Å². The first-order valence-corrected chi connectivity index (χ1v) is 10.6. The van der Waals surface area contributed by atoms with Crippen LogP contribution in [-0.4, -0.2) is 24.2 Å². The fourth-order valence-corrected chi connectivity index (χ4v) is 3.86. The van der Waals surface area contributed by atoms with Gasteiger partial charge in [-0.2, -0.15) is 10.2 Å². The maximum Gasteiger partial charge on any atom is 0.240 e. The highest BCUT2D eigenvalue weighted by Crippen LogP contribution is 2.20. The molecule has 0 aromatic carbocycles. The summed E-state index contributed by atoms with van der Waals surface area (Å²) < 4.78 is 1.35. The average Bonchev–Trinajstić information content (AvgIpc) is 3.23. The Labute approximate surface area is 175 Å². The number of nitrogens with one attached hydrogen (secondary N) is 2. The van der Waals surface area contributed by atoms with Crippen LogP contribution < -0.4 is 10.9 Å². The summed E-state index contributed by atoms with van der Waals surface area (Å²) in [6.45, 7) is 0. The highest BCUT2D eigenvalue weighted by molar-refractivity contribution is 7.18. The maximum atomic E-state index is 11.7. The maximum absolute atomic E-state index is 11.7. The first kappa shape index (κ1) is 21.6. The van der Waals surface area contributed by atoms with Gasteiger partial charge in [0.2, 0.25) is 11.8 Å². The summed E-state index contributed by atoms with van der Waals surface area (Å²) >= 11 is 14.4. The first-order valence-electron chi connectivity index (χ1n) is 8.17. The Balaban J connectivity index is 1.50. The Hall–Kier alpha value is -1.74. The van der Waals surface area contributed by atoms with Crippen molar-refractivity contribution in [2.75, 3.05) is 0 Å². The van der Waals surface area contributed by atoms with Crippen LogP contribution >= 0.6 is 45.9 Å². The molecule has 6 nitrogen and oxygen atoms in total. The van der Waals surface area contributed by atoms with Crippen LogP contribution in [0.1, 0.15) is 41.9 Å². The quantitative estimate of drug-likeness (QED) is 0.317. The van der Waals surface area contributed by atoms with Gasteiger partial charge in [0.1, 0.15) is 0 Å². The van der Waals surface area contributed by atoms with Crippen LogP contribution in [-0.2, 0) is 9.59 Å². The molecule has 2 aromatic rings. The molecule has 0 atom stereocenters. The van der Waals surface area contributed by atoms with Gasteiger partial charge < -0.3 is 0 Å².